The highest BCUT2D eigenvalue weighted by Gasteiger charge is 2.31. The molecule has 0 aromatic rings. The van der Waals surface area contributed by atoms with E-state index >= 15 is 0 Å². The van der Waals surface area contributed by atoms with E-state index in [0.29, 0.717) is 10.9 Å². The minimum absolute atomic E-state index is 0.0356. The van der Waals surface area contributed by atoms with Crippen molar-refractivity contribution < 1.29 is 14.4 Å². The SMILES string of the molecule is CC(C)C(C)NC(=O)CN1C(=O)CS/C1=C\C(=O)C(C)(C)C. The molecule has 5 nitrogen and oxygen atoms in total. The molecule has 0 aliphatic carbocycles. The van der Waals surface area contributed by atoms with E-state index in [0.717, 1.165) is 0 Å². The van der Waals surface area contributed by atoms with Crippen molar-refractivity contribution >= 4 is 29.4 Å². The average molecular weight is 326 g/mol. The predicted octanol–water partition coefficient (Wildman–Crippen LogP) is 2.18. The lowest BCUT2D eigenvalue weighted by Crippen LogP contribution is -2.43. The third-order valence-electron chi connectivity index (χ3n) is 3.59. The molecule has 1 fully saturated rings. The second kappa shape index (κ2) is 7.31. The van der Waals surface area contributed by atoms with Crippen LogP contribution >= 0.6 is 11.8 Å². The molecule has 1 saturated heterocycles. The minimum atomic E-state index is -0.501. The lowest BCUT2D eigenvalue weighted by atomic mass is 9.91. The molecular weight excluding hydrogens is 300 g/mol. The normalized spacial score (nSPS) is 19.0. The van der Waals surface area contributed by atoms with E-state index in [1.165, 1.54) is 22.7 Å². The number of nitrogens with one attached hydrogen (secondary N) is 1. The maximum atomic E-state index is 12.1. The topological polar surface area (TPSA) is 66.5 Å². The van der Waals surface area contributed by atoms with Gasteiger partial charge in [-0.05, 0) is 12.8 Å². The highest BCUT2D eigenvalue weighted by atomic mass is 32.2. The summed E-state index contributed by atoms with van der Waals surface area (Å²) in [7, 11) is 0. The number of nitrogens with zero attached hydrogens (tertiary/aromatic N) is 1. The number of allylic oxidation sites excluding steroid dienone is 1. The smallest absolute Gasteiger partial charge is 0.240 e. The van der Waals surface area contributed by atoms with Crippen LogP contribution < -0.4 is 5.32 Å². The molecule has 0 aromatic heterocycles. The van der Waals surface area contributed by atoms with Gasteiger partial charge in [0.15, 0.2) is 5.78 Å². The number of amides is 2. The Bertz CT molecular complexity index is 492. The second-order valence-electron chi connectivity index (χ2n) is 6.97. The molecule has 1 atom stereocenters. The van der Waals surface area contributed by atoms with Gasteiger partial charge in [0.05, 0.1) is 10.8 Å². The van der Waals surface area contributed by atoms with Gasteiger partial charge in [0, 0.05) is 17.5 Å². The average Bonchev–Trinajstić information content (AvgIpc) is 2.70. The molecule has 0 radical (unpaired) electrons. The molecular formula is C16H26N2O3S. The van der Waals surface area contributed by atoms with Crippen LogP contribution in [0.1, 0.15) is 41.5 Å². The minimum Gasteiger partial charge on any atom is -0.352 e. The fraction of sp³-hybridized carbons (Fsp3) is 0.688. The zero-order chi connectivity index (χ0) is 17.1. The molecule has 1 N–H and O–H groups in total. The first-order valence-corrected chi connectivity index (χ1v) is 8.49. The van der Waals surface area contributed by atoms with Gasteiger partial charge in [-0.2, -0.15) is 0 Å². The van der Waals surface area contributed by atoms with Gasteiger partial charge < -0.3 is 5.32 Å². The summed E-state index contributed by atoms with van der Waals surface area (Å²) in [5, 5.41) is 3.44. The lowest BCUT2D eigenvalue weighted by molar-refractivity contribution is -0.131. The molecule has 0 spiro atoms. The van der Waals surface area contributed by atoms with Crippen molar-refractivity contribution in [3.8, 4) is 0 Å². The molecule has 0 saturated carbocycles. The number of ketones is 1. The Morgan fingerprint density at radius 2 is 1.91 bits per heavy atom. The number of rotatable bonds is 5. The summed E-state index contributed by atoms with van der Waals surface area (Å²) < 4.78 is 0. The van der Waals surface area contributed by atoms with Crippen molar-refractivity contribution in [3.63, 3.8) is 0 Å². The Morgan fingerprint density at radius 3 is 2.41 bits per heavy atom. The molecule has 124 valence electrons. The van der Waals surface area contributed by atoms with Crippen LogP contribution in [0.3, 0.4) is 0 Å². The summed E-state index contributed by atoms with van der Waals surface area (Å²) in [6.45, 7) is 11.4. The number of carbonyl (C=O) groups is 3. The van der Waals surface area contributed by atoms with E-state index in [1.54, 1.807) is 0 Å². The Morgan fingerprint density at radius 1 is 1.32 bits per heavy atom. The number of hydrogen-bond acceptors (Lipinski definition) is 4. The van der Waals surface area contributed by atoms with Crippen molar-refractivity contribution in [2.24, 2.45) is 11.3 Å². The van der Waals surface area contributed by atoms with Crippen molar-refractivity contribution in [1.29, 1.82) is 0 Å². The van der Waals surface area contributed by atoms with Gasteiger partial charge >= 0.3 is 0 Å². The van der Waals surface area contributed by atoms with Crippen LogP contribution in [0.25, 0.3) is 0 Å². The molecule has 1 rings (SSSR count). The maximum absolute atomic E-state index is 12.1. The van der Waals surface area contributed by atoms with Crippen molar-refractivity contribution in [2.75, 3.05) is 12.3 Å². The Hall–Kier alpha value is -1.30. The number of carbonyl (C=O) groups excluding carboxylic acids is 3. The van der Waals surface area contributed by atoms with E-state index < -0.39 is 5.41 Å². The fourth-order valence-corrected chi connectivity index (χ4v) is 2.58. The summed E-state index contributed by atoms with van der Waals surface area (Å²) in [4.78, 5) is 37.5. The highest BCUT2D eigenvalue weighted by Crippen LogP contribution is 2.30. The largest absolute Gasteiger partial charge is 0.352 e. The van der Waals surface area contributed by atoms with E-state index in [1.807, 2.05) is 41.5 Å². The van der Waals surface area contributed by atoms with Crippen LogP contribution in [0, 0.1) is 11.3 Å². The van der Waals surface area contributed by atoms with E-state index in [2.05, 4.69) is 5.32 Å². The zero-order valence-electron chi connectivity index (χ0n) is 14.2. The first-order chi connectivity index (χ1) is 10.0. The molecule has 1 aliphatic rings. The van der Waals surface area contributed by atoms with E-state index in [-0.39, 0.29) is 35.9 Å². The van der Waals surface area contributed by atoms with Crippen LogP contribution in [0.4, 0.5) is 0 Å². The molecule has 0 aromatic carbocycles. The third kappa shape index (κ3) is 5.16. The second-order valence-corrected chi connectivity index (χ2v) is 7.96. The van der Waals surface area contributed by atoms with Crippen LogP contribution in [-0.4, -0.2) is 40.8 Å². The van der Waals surface area contributed by atoms with Gasteiger partial charge in [-0.15, -0.1) is 0 Å². The molecule has 6 heteroatoms. The molecule has 0 bridgehead atoms. The van der Waals surface area contributed by atoms with Gasteiger partial charge in [-0.25, -0.2) is 0 Å². The summed E-state index contributed by atoms with van der Waals surface area (Å²) >= 11 is 1.31. The maximum Gasteiger partial charge on any atom is 0.240 e. The first kappa shape index (κ1) is 18.7. The number of hydrogen-bond donors (Lipinski definition) is 1. The summed E-state index contributed by atoms with van der Waals surface area (Å²) in [5.74, 6) is 0.211. The Kier molecular flexibility index (Phi) is 6.23. The number of thioether (sulfide) groups is 1. The molecule has 1 heterocycles. The van der Waals surface area contributed by atoms with Crippen molar-refractivity contribution in [1.82, 2.24) is 10.2 Å². The van der Waals surface area contributed by atoms with Gasteiger partial charge in [0.2, 0.25) is 11.8 Å². The van der Waals surface area contributed by atoms with Crippen LogP contribution in [0.5, 0.6) is 0 Å². The summed E-state index contributed by atoms with van der Waals surface area (Å²) in [6.07, 6.45) is 1.48. The lowest BCUT2D eigenvalue weighted by Gasteiger charge is -2.22. The van der Waals surface area contributed by atoms with E-state index in [9.17, 15) is 14.4 Å². The van der Waals surface area contributed by atoms with Crippen molar-refractivity contribution in [3.05, 3.63) is 11.1 Å². The molecule has 1 aliphatic heterocycles. The third-order valence-corrected chi connectivity index (χ3v) is 4.62. The Labute approximate surface area is 136 Å². The summed E-state index contributed by atoms with van der Waals surface area (Å²) in [6, 6.07) is 0.0431. The quantitative estimate of drug-likeness (QED) is 0.786. The molecule has 22 heavy (non-hydrogen) atoms. The Balaban J connectivity index is 2.78. The van der Waals surface area contributed by atoms with Gasteiger partial charge in [-0.3, -0.25) is 19.3 Å². The molecule has 2 amide bonds. The summed E-state index contributed by atoms with van der Waals surface area (Å²) in [5.41, 5.74) is -0.501. The standard InChI is InChI=1S/C16H26N2O3S/c1-10(2)11(3)17-13(20)8-18-14(21)9-22-15(18)7-12(19)16(4,5)6/h7,10-11H,8-9H2,1-6H3,(H,17,20)/b15-7-. The van der Waals surface area contributed by atoms with Gasteiger partial charge in [0.1, 0.15) is 6.54 Å². The van der Waals surface area contributed by atoms with Crippen molar-refractivity contribution in [2.45, 2.75) is 47.6 Å². The zero-order valence-corrected chi connectivity index (χ0v) is 15.0. The molecule has 1 unspecified atom stereocenters. The van der Waals surface area contributed by atoms with Gasteiger partial charge in [0.25, 0.3) is 0 Å². The van der Waals surface area contributed by atoms with Gasteiger partial charge in [-0.1, -0.05) is 46.4 Å². The van der Waals surface area contributed by atoms with Crippen LogP contribution in [0.2, 0.25) is 0 Å². The first-order valence-electron chi connectivity index (χ1n) is 7.51. The monoisotopic (exact) mass is 326 g/mol. The van der Waals surface area contributed by atoms with Crippen LogP contribution in [-0.2, 0) is 14.4 Å². The van der Waals surface area contributed by atoms with Crippen LogP contribution in [0.15, 0.2) is 11.1 Å². The highest BCUT2D eigenvalue weighted by molar-refractivity contribution is 8.04. The fourth-order valence-electron chi connectivity index (χ4n) is 1.64. The van der Waals surface area contributed by atoms with E-state index in [4.69, 9.17) is 0 Å². The predicted molar refractivity (Wildman–Crippen MR) is 89.2 cm³/mol.